The standard InChI is InChI=1S/C15H29N3O2/c1-15(2,14(16)18-19)8-3-4-9-17-12-7-10-20-13(12)11-5-6-11/h11-13,17,19H,3-10H2,1-2H3,(H2,16,18). The summed E-state index contributed by atoms with van der Waals surface area (Å²) in [5.74, 6) is 1.14. The van der Waals surface area contributed by atoms with Crippen molar-refractivity contribution in [2.75, 3.05) is 13.2 Å². The number of hydrogen-bond donors (Lipinski definition) is 3. The minimum absolute atomic E-state index is 0.220. The fourth-order valence-corrected chi connectivity index (χ4v) is 2.96. The van der Waals surface area contributed by atoms with Crippen molar-refractivity contribution in [3.8, 4) is 0 Å². The van der Waals surface area contributed by atoms with E-state index in [2.05, 4.69) is 10.5 Å². The van der Waals surface area contributed by atoms with Gasteiger partial charge in [-0.05, 0) is 44.6 Å². The van der Waals surface area contributed by atoms with E-state index in [0.29, 0.717) is 18.0 Å². The van der Waals surface area contributed by atoms with E-state index in [4.69, 9.17) is 15.7 Å². The van der Waals surface area contributed by atoms with Crippen molar-refractivity contribution in [3.63, 3.8) is 0 Å². The van der Waals surface area contributed by atoms with Crippen LogP contribution in [0.25, 0.3) is 0 Å². The molecule has 0 radical (unpaired) electrons. The van der Waals surface area contributed by atoms with E-state index in [1.807, 2.05) is 13.8 Å². The molecule has 0 amide bonds. The number of rotatable bonds is 8. The highest BCUT2D eigenvalue weighted by Gasteiger charge is 2.40. The molecule has 0 aromatic heterocycles. The van der Waals surface area contributed by atoms with Crippen LogP contribution in [-0.2, 0) is 4.74 Å². The Morgan fingerprint density at radius 2 is 2.10 bits per heavy atom. The molecule has 1 aliphatic carbocycles. The third-order valence-corrected chi connectivity index (χ3v) is 4.66. The van der Waals surface area contributed by atoms with Crippen LogP contribution < -0.4 is 11.1 Å². The molecule has 0 aromatic rings. The zero-order valence-corrected chi connectivity index (χ0v) is 12.8. The second kappa shape index (κ2) is 6.76. The van der Waals surface area contributed by atoms with Gasteiger partial charge in [-0.2, -0.15) is 0 Å². The van der Waals surface area contributed by atoms with Gasteiger partial charge in [0, 0.05) is 18.1 Å². The molecule has 1 saturated heterocycles. The number of amidine groups is 1. The van der Waals surface area contributed by atoms with E-state index >= 15 is 0 Å². The first-order chi connectivity index (χ1) is 9.54. The fraction of sp³-hybridized carbons (Fsp3) is 0.933. The Balaban J connectivity index is 1.59. The maximum atomic E-state index is 8.74. The molecule has 2 fully saturated rings. The van der Waals surface area contributed by atoms with Crippen molar-refractivity contribution in [2.45, 2.75) is 64.5 Å². The lowest BCUT2D eigenvalue weighted by molar-refractivity contribution is 0.0811. The van der Waals surface area contributed by atoms with Crippen LogP contribution in [0.5, 0.6) is 0 Å². The molecule has 20 heavy (non-hydrogen) atoms. The Kier molecular flexibility index (Phi) is 5.27. The molecule has 116 valence electrons. The summed E-state index contributed by atoms with van der Waals surface area (Å²) in [5.41, 5.74) is 5.47. The number of hydrogen-bond acceptors (Lipinski definition) is 4. The lowest BCUT2D eigenvalue weighted by Gasteiger charge is -2.23. The molecule has 0 aromatic carbocycles. The zero-order chi connectivity index (χ0) is 14.6. The van der Waals surface area contributed by atoms with Crippen molar-refractivity contribution in [3.05, 3.63) is 0 Å². The Bertz CT molecular complexity index is 340. The molecular formula is C15H29N3O2. The largest absolute Gasteiger partial charge is 0.409 e. The minimum Gasteiger partial charge on any atom is -0.409 e. The van der Waals surface area contributed by atoms with Crippen molar-refractivity contribution < 1.29 is 9.94 Å². The van der Waals surface area contributed by atoms with Crippen LogP contribution in [0.1, 0.15) is 52.4 Å². The predicted molar refractivity (Wildman–Crippen MR) is 79.9 cm³/mol. The van der Waals surface area contributed by atoms with Gasteiger partial charge >= 0.3 is 0 Å². The van der Waals surface area contributed by atoms with Gasteiger partial charge in [0.1, 0.15) is 5.84 Å². The molecule has 5 nitrogen and oxygen atoms in total. The number of nitrogens with one attached hydrogen (secondary N) is 1. The first-order valence-corrected chi connectivity index (χ1v) is 7.87. The van der Waals surface area contributed by atoms with Crippen molar-refractivity contribution in [1.29, 1.82) is 0 Å². The first kappa shape index (κ1) is 15.6. The molecule has 2 unspecified atom stereocenters. The van der Waals surface area contributed by atoms with Gasteiger partial charge in [-0.25, -0.2) is 0 Å². The average molecular weight is 283 g/mol. The molecule has 0 spiro atoms. The summed E-state index contributed by atoms with van der Waals surface area (Å²) in [6.07, 6.45) is 7.44. The molecule has 0 bridgehead atoms. The number of nitrogens with zero attached hydrogens (tertiary/aromatic N) is 1. The lowest BCUT2D eigenvalue weighted by atomic mass is 9.86. The van der Waals surface area contributed by atoms with Gasteiger partial charge in [0.2, 0.25) is 0 Å². The summed E-state index contributed by atoms with van der Waals surface area (Å²) in [6, 6.07) is 0.555. The molecule has 5 heteroatoms. The van der Waals surface area contributed by atoms with Crippen LogP contribution >= 0.6 is 0 Å². The van der Waals surface area contributed by atoms with Gasteiger partial charge in [-0.15, -0.1) is 0 Å². The van der Waals surface area contributed by atoms with Crippen molar-refractivity contribution in [1.82, 2.24) is 5.32 Å². The van der Waals surface area contributed by atoms with E-state index in [9.17, 15) is 0 Å². The second-order valence-electron chi connectivity index (χ2n) is 6.85. The molecule has 2 aliphatic rings. The maximum absolute atomic E-state index is 8.74. The van der Waals surface area contributed by atoms with Crippen LogP contribution in [0.4, 0.5) is 0 Å². The number of nitrogens with two attached hydrogens (primary N) is 1. The van der Waals surface area contributed by atoms with Gasteiger partial charge in [0.15, 0.2) is 0 Å². The van der Waals surface area contributed by atoms with E-state index in [-0.39, 0.29) is 5.41 Å². The Morgan fingerprint density at radius 1 is 1.35 bits per heavy atom. The van der Waals surface area contributed by atoms with E-state index in [0.717, 1.165) is 44.8 Å². The molecule has 2 atom stereocenters. The van der Waals surface area contributed by atoms with Crippen LogP contribution in [0.3, 0.4) is 0 Å². The van der Waals surface area contributed by atoms with Gasteiger partial charge in [-0.3, -0.25) is 0 Å². The summed E-state index contributed by atoms with van der Waals surface area (Å²) in [6.45, 7) is 5.98. The Morgan fingerprint density at radius 3 is 2.75 bits per heavy atom. The molecule has 2 rings (SSSR count). The maximum Gasteiger partial charge on any atom is 0.144 e. The third kappa shape index (κ3) is 4.09. The van der Waals surface area contributed by atoms with Gasteiger partial charge in [0.25, 0.3) is 0 Å². The lowest BCUT2D eigenvalue weighted by Crippen LogP contribution is -2.38. The quantitative estimate of drug-likeness (QED) is 0.209. The number of unbranched alkanes of at least 4 members (excludes halogenated alkanes) is 1. The summed E-state index contributed by atoms with van der Waals surface area (Å²) < 4.78 is 5.82. The summed E-state index contributed by atoms with van der Waals surface area (Å²) in [7, 11) is 0. The highest BCUT2D eigenvalue weighted by Crippen LogP contribution is 2.38. The van der Waals surface area contributed by atoms with Crippen LogP contribution in [0, 0.1) is 11.3 Å². The smallest absolute Gasteiger partial charge is 0.144 e. The van der Waals surface area contributed by atoms with Crippen LogP contribution in [-0.4, -0.2) is 36.3 Å². The number of ether oxygens (including phenoxy) is 1. The van der Waals surface area contributed by atoms with Gasteiger partial charge in [0.05, 0.1) is 6.10 Å². The highest BCUT2D eigenvalue weighted by atomic mass is 16.5. The molecule has 4 N–H and O–H groups in total. The molecule has 1 saturated carbocycles. The van der Waals surface area contributed by atoms with E-state index in [1.165, 1.54) is 12.8 Å². The molecular weight excluding hydrogens is 254 g/mol. The number of oxime groups is 1. The Labute approximate surface area is 121 Å². The zero-order valence-electron chi connectivity index (χ0n) is 12.8. The average Bonchev–Trinajstić information content (AvgIpc) is 3.17. The van der Waals surface area contributed by atoms with Gasteiger partial charge in [-0.1, -0.05) is 25.4 Å². The minimum atomic E-state index is -0.220. The van der Waals surface area contributed by atoms with Crippen molar-refractivity contribution in [2.24, 2.45) is 22.2 Å². The van der Waals surface area contributed by atoms with E-state index < -0.39 is 0 Å². The fourth-order valence-electron chi connectivity index (χ4n) is 2.96. The Hall–Kier alpha value is -0.810. The second-order valence-corrected chi connectivity index (χ2v) is 6.85. The summed E-state index contributed by atoms with van der Waals surface area (Å²) in [4.78, 5) is 0. The van der Waals surface area contributed by atoms with Gasteiger partial charge < -0.3 is 21.0 Å². The highest BCUT2D eigenvalue weighted by molar-refractivity contribution is 5.85. The van der Waals surface area contributed by atoms with E-state index in [1.54, 1.807) is 0 Å². The topological polar surface area (TPSA) is 79.9 Å². The van der Waals surface area contributed by atoms with Crippen LogP contribution in [0.2, 0.25) is 0 Å². The van der Waals surface area contributed by atoms with Crippen LogP contribution in [0.15, 0.2) is 5.16 Å². The molecule has 1 aliphatic heterocycles. The SMILES string of the molecule is CC(C)(CCCCNC1CCOC1C1CC1)C(N)=NO. The molecule has 1 heterocycles. The van der Waals surface area contributed by atoms with Crippen molar-refractivity contribution >= 4 is 5.84 Å². The normalized spacial score (nSPS) is 28.0. The summed E-state index contributed by atoms with van der Waals surface area (Å²) >= 11 is 0. The third-order valence-electron chi connectivity index (χ3n) is 4.66. The first-order valence-electron chi connectivity index (χ1n) is 7.87. The summed E-state index contributed by atoms with van der Waals surface area (Å²) in [5, 5.41) is 15.5. The monoisotopic (exact) mass is 283 g/mol. The predicted octanol–water partition coefficient (Wildman–Crippen LogP) is 2.09.